The molecule has 3 N–H and O–H groups in total. The maximum Gasteiger partial charge on any atom is 0.316 e. The van der Waals surface area contributed by atoms with Crippen LogP contribution in [0, 0.1) is 23.7 Å². The number of aliphatic hydroxyl groups excluding tert-OH is 1. The highest BCUT2D eigenvalue weighted by Gasteiger charge is 2.55. The lowest BCUT2D eigenvalue weighted by Crippen LogP contribution is -2.60. The Bertz CT molecular complexity index is 1280. The van der Waals surface area contributed by atoms with Gasteiger partial charge in [0.1, 0.15) is 28.0 Å². The molecule has 15 heteroatoms. The summed E-state index contributed by atoms with van der Waals surface area (Å²) in [4.78, 5) is 42.4. The third kappa shape index (κ3) is 10.2. The quantitative estimate of drug-likeness (QED) is 0.166. The molecule has 5 unspecified atom stereocenters. The van der Waals surface area contributed by atoms with Gasteiger partial charge in [-0.2, -0.15) is 0 Å². The number of rotatable bonds is 10. The van der Waals surface area contributed by atoms with E-state index in [-0.39, 0.29) is 48.6 Å². The van der Waals surface area contributed by atoms with Crippen LogP contribution in [0.5, 0.6) is 0 Å². The second-order valence-electron chi connectivity index (χ2n) is 15.5. The lowest BCUT2D eigenvalue weighted by molar-refractivity contribution is -0.297. The Morgan fingerprint density at radius 3 is 2.36 bits per heavy atom. The number of cyclic esters (lactones) is 1. The van der Waals surface area contributed by atoms with Gasteiger partial charge in [-0.25, -0.2) is 8.42 Å². The molecule has 14 nitrogen and oxygen atoms in total. The number of carbonyl (C=O) groups is 3. The third-order valence-electron chi connectivity index (χ3n) is 11.1. The van der Waals surface area contributed by atoms with E-state index in [1.807, 2.05) is 39.8 Å². The van der Waals surface area contributed by atoms with Crippen LogP contribution < -0.4 is 10.6 Å². The van der Waals surface area contributed by atoms with Crippen molar-refractivity contribution in [1.29, 1.82) is 0 Å². The van der Waals surface area contributed by atoms with E-state index < -0.39 is 75.3 Å². The van der Waals surface area contributed by atoms with Gasteiger partial charge < -0.3 is 44.3 Å². The lowest BCUT2D eigenvalue weighted by atomic mass is 9.78. The minimum Gasteiger partial charge on any atom is -0.458 e. The molecule has 3 saturated heterocycles. The highest BCUT2D eigenvalue weighted by molar-refractivity contribution is 7.90. The van der Waals surface area contributed by atoms with Crippen molar-refractivity contribution in [2.45, 2.75) is 128 Å². The minimum atomic E-state index is -3.15. The number of carbonyl (C=O) groups excluding carboxylic acids is 3. The van der Waals surface area contributed by atoms with Crippen molar-refractivity contribution < 1.29 is 51.6 Å². The monoisotopic (exact) mass is 733 g/mol. The first-order chi connectivity index (χ1) is 23.2. The van der Waals surface area contributed by atoms with Gasteiger partial charge in [0, 0.05) is 50.4 Å². The van der Waals surface area contributed by atoms with E-state index in [4.69, 9.17) is 23.7 Å². The molecule has 3 aliphatic rings. The predicted octanol–water partition coefficient (Wildman–Crippen LogP) is 1.32. The maximum absolute atomic E-state index is 14.2. The van der Waals surface area contributed by atoms with Gasteiger partial charge in [-0.3, -0.25) is 14.4 Å². The van der Waals surface area contributed by atoms with Crippen molar-refractivity contribution in [2.75, 3.05) is 52.8 Å². The number of Topliss-reactive ketones (excluding diaryl/α,β-unsaturated/α-hetero) is 1. The average molecular weight is 734 g/mol. The molecule has 0 radical (unpaired) electrons. The van der Waals surface area contributed by atoms with Gasteiger partial charge in [0.2, 0.25) is 0 Å². The number of likely N-dealkylation sites (N-methyl/N-ethyl adjacent to an activating group) is 1. The number of sulfone groups is 1. The fraction of sp³-hybridized carbons (Fsp3) is 0.914. The number of hydrogen-bond donors (Lipinski definition) is 3. The van der Waals surface area contributed by atoms with Crippen LogP contribution in [-0.2, 0) is 47.9 Å². The summed E-state index contributed by atoms with van der Waals surface area (Å²) in [5.74, 6) is -3.88. The van der Waals surface area contributed by atoms with Crippen molar-refractivity contribution in [2.24, 2.45) is 23.7 Å². The Morgan fingerprint density at radius 1 is 1.12 bits per heavy atom. The van der Waals surface area contributed by atoms with Gasteiger partial charge in [0.05, 0.1) is 30.0 Å². The number of fused-ring (bicyclic) bond motifs is 1. The predicted molar refractivity (Wildman–Crippen MR) is 187 cm³/mol. The first-order valence-corrected chi connectivity index (χ1v) is 20.0. The Hall–Kier alpha value is -1.72. The normalized spacial score (nSPS) is 41.2. The number of ketones is 1. The average Bonchev–Trinajstić information content (AvgIpc) is 3.36. The van der Waals surface area contributed by atoms with Gasteiger partial charge in [-0.15, -0.1) is 0 Å². The van der Waals surface area contributed by atoms with Crippen LogP contribution >= 0.6 is 0 Å². The summed E-state index contributed by atoms with van der Waals surface area (Å²) in [6.07, 6.45) is -1.78. The van der Waals surface area contributed by atoms with Gasteiger partial charge >= 0.3 is 11.9 Å². The second kappa shape index (κ2) is 17.4. The molecule has 3 rings (SSSR count). The van der Waals surface area contributed by atoms with Crippen LogP contribution in [0.2, 0.25) is 0 Å². The molecule has 3 fully saturated rings. The summed E-state index contributed by atoms with van der Waals surface area (Å²) in [6.45, 7) is 13.9. The molecule has 0 saturated carbocycles. The van der Waals surface area contributed by atoms with E-state index in [1.165, 1.54) is 13.2 Å². The Morgan fingerprint density at radius 2 is 1.78 bits per heavy atom. The Labute approximate surface area is 298 Å². The van der Waals surface area contributed by atoms with Crippen molar-refractivity contribution in [3.63, 3.8) is 0 Å². The van der Waals surface area contributed by atoms with Gasteiger partial charge in [0.25, 0.3) is 0 Å². The molecule has 290 valence electrons. The van der Waals surface area contributed by atoms with Crippen LogP contribution in [0.1, 0.15) is 74.1 Å². The standard InChI is InChI=1S/C35H63N3O11S/c1-12-27-35(7)25(16-28(39)49-35)23(5)37-18-20(2)17-34(6,45-10)31(21(3)29(40)22(4)32(42)47-27)48-33-30(41)26(38(8)9)15-24(46-33)19-36-13-14-50(11,43)44/h20-27,30-31,33,36-37,41H,12-19H2,1-11H3/t20-,21+,22?,23-,24?,25-,26?,27-,30?,31-,33?,34-,35+/m1/s1. The van der Waals surface area contributed by atoms with Crippen molar-refractivity contribution in [3.05, 3.63) is 0 Å². The summed E-state index contributed by atoms with van der Waals surface area (Å²) in [5, 5.41) is 18.3. The minimum absolute atomic E-state index is 0.000927. The molecule has 0 aliphatic carbocycles. The van der Waals surface area contributed by atoms with E-state index in [0.717, 1.165) is 0 Å². The largest absolute Gasteiger partial charge is 0.458 e. The van der Waals surface area contributed by atoms with Crippen LogP contribution in [0.25, 0.3) is 0 Å². The molecule has 3 heterocycles. The number of aliphatic hydroxyl groups is 1. The van der Waals surface area contributed by atoms with Gasteiger partial charge in [-0.05, 0) is 73.5 Å². The van der Waals surface area contributed by atoms with Crippen molar-refractivity contribution in [1.82, 2.24) is 15.5 Å². The zero-order valence-electron chi connectivity index (χ0n) is 31.9. The Kier molecular flexibility index (Phi) is 14.9. The SMILES string of the molecule is CC[C@H]1OC(=O)C(C)C(=O)[C@H](C)[C@@H](OC2OC(CNCCS(C)(=O)=O)CC(N(C)C)C2O)[C@](C)(OC)C[C@@H](C)CN[C@H](C)[C@H]2CC(=O)O[C@@]21C. The summed E-state index contributed by atoms with van der Waals surface area (Å²) < 4.78 is 54.3. The molecule has 13 atom stereocenters. The van der Waals surface area contributed by atoms with E-state index in [0.29, 0.717) is 32.4 Å². The zero-order chi connectivity index (χ0) is 37.8. The molecular formula is C35H63N3O11S. The summed E-state index contributed by atoms with van der Waals surface area (Å²) in [7, 11) is 2.10. The molecule has 0 aromatic carbocycles. The molecule has 3 aliphatic heterocycles. The summed E-state index contributed by atoms with van der Waals surface area (Å²) in [5.41, 5.74) is -2.15. The van der Waals surface area contributed by atoms with E-state index in [2.05, 4.69) is 17.6 Å². The second-order valence-corrected chi connectivity index (χ2v) is 17.8. The number of esters is 2. The fourth-order valence-corrected chi connectivity index (χ4v) is 8.49. The molecular weight excluding hydrogens is 670 g/mol. The number of nitrogens with one attached hydrogen (secondary N) is 2. The highest BCUT2D eigenvalue weighted by Crippen LogP contribution is 2.42. The fourth-order valence-electron chi connectivity index (χ4n) is 7.97. The first kappa shape index (κ1) is 42.7. The molecule has 50 heavy (non-hydrogen) atoms. The maximum atomic E-state index is 14.2. The zero-order valence-corrected chi connectivity index (χ0v) is 32.7. The van der Waals surface area contributed by atoms with Crippen LogP contribution in [0.3, 0.4) is 0 Å². The van der Waals surface area contributed by atoms with Crippen molar-refractivity contribution >= 4 is 27.6 Å². The lowest BCUT2D eigenvalue weighted by Gasteiger charge is -2.47. The molecule has 0 aromatic heterocycles. The highest BCUT2D eigenvalue weighted by atomic mass is 32.2. The van der Waals surface area contributed by atoms with E-state index in [9.17, 15) is 27.9 Å². The first-order valence-electron chi connectivity index (χ1n) is 18.0. The number of methoxy groups -OCH3 is 1. The number of nitrogens with zero attached hydrogens (tertiary/aromatic N) is 1. The number of hydrogen-bond acceptors (Lipinski definition) is 14. The van der Waals surface area contributed by atoms with Crippen molar-refractivity contribution in [3.8, 4) is 0 Å². The molecule has 0 bridgehead atoms. The van der Waals surface area contributed by atoms with Crippen LogP contribution in [-0.4, -0.2) is 143 Å². The van der Waals surface area contributed by atoms with Gasteiger partial charge in [-0.1, -0.05) is 20.8 Å². The topological polar surface area (TPSA) is 179 Å². The summed E-state index contributed by atoms with van der Waals surface area (Å²) in [6, 6.07) is -0.528. The van der Waals surface area contributed by atoms with Crippen LogP contribution in [0.4, 0.5) is 0 Å². The van der Waals surface area contributed by atoms with Crippen LogP contribution in [0.15, 0.2) is 0 Å². The Balaban J connectivity index is 1.98. The molecule has 0 amide bonds. The van der Waals surface area contributed by atoms with Gasteiger partial charge in [0.15, 0.2) is 17.7 Å². The van der Waals surface area contributed by atoms with E-state index in [1.54, 1.807) is 21.0 Å². The van der Waals surface area contributed by atoms with E-state index >= 15 is 0 Å². The summed E-state index contributed by atoms with van der Waals surface area (Å²) >= 11 is 0. The number of ether oxygens (including phenoxy) is 5. The smallest absolute Gasteiger partial charge is 0.316 e. The molecule has 0 spiro atoms. The molecule has 0 aromatic rings. The third-order valence-corrected chi connectivity index (χ3v) is 12.0.